The smallest absolute Gasteiger partial charge is 0.374 e. The van der Waals surface area contributed by atoms with Crippen LogP contribution in [-0.2, 0) is 25.9 Å². The molecule has 4 rings (SSSR count). The minimum absolute atomic E-state index is 0.128. The highest BCUT2D eigenvalue weighted by Gasteiger charge is 2.38. The normalized spacial score (nSPS) is 16.6. The summed E-state index contributed by atoms with van der Waals surface area (Å²) in [5.74, 6) is 0.128. The highest BCUT2D eigenvalue weighted by molar-refractivity contribution is 5.63. The largest absolute Gasteiger partial charge is 0.416 e. The van der Waals surface area contributed by atoms with Crippen molar-refractivity contribution in [2.75, 3.05) is 23.4 Å². The zero-order valence-electron chi connectivity index (χ0n) is 20.2. The highest BCUT2D eigenvalue weighted by Crippen LogP contribution is 2.42. The second kappa shape index (κ2) is 9.29. The number of halogens is 6. The number of hydrogen-bond donors (Lipinski definition) is 0. The third-order valence-corrected chi connectivity index (χ3v) is 6.32. The SMILES string of the molecule is Cc1cc(C)c2c(c1)[C@@H](N(Cc1cc(C(F)(F)F)cc(C(F)(F)F)c1)c1nnn(C)n1)CCCN2C. The third kappa shape index (κ3) is 5.26. The maximum absolute atomic E-state index is 13.5. The third-order valence-electron chi connectivity index (χ3n) is 6.32. The molecule has 1 atom stereocenters. The summed E-state index contributed by atoms with van der Waals surface area (Å²) >= 11 is 0. The van der Waals surface area contributed by atoms with Crippen LogP contribution in [0.3, 0.4) is 0 Å². The Labute approximate surface area is 204 Å². The van der Waals surface area contributed by atoms with E-state index in [0.29, 0.717) is 6.42 Å². The molecular formula is C24H26F6N6. The summed E-state index contributed by atoms with van der Waals surface area (Å²) < 4.78 is 81.1. The molecule has 0 unspecified atom stereocenters. The van der Waals surface area contributed by atoms with Gasteiger partial charge in [0, 0.05) is 25.8 Å². The fourth-order valence-corrected chi connectivity index (χ4v) is 4.90. The summed E-state index contributed by atoms with van der Waals surface area (Å²) in [4.78, 5) is 4.98. The van der Waals surface area contributed by atoms with Crippen LogP contribution >= 0.6 is 0 Å². The molecule has 1 aliphatic heterocycles. The van der Waals surface area contributed by atoms with Crippen LogP contribution < -0.4 is 9.80 Å². The van der Waals surface area contributed by atoms with Crippen LogP contribution in [-0.4, -0.2) is 33.8 Å². The molecule has 0 radical (unpaired) electrons. The van der Waals surface area contributed by atoms with E-state index in [0.717, 1.165) is 47.5 Å². The molecule has 2 heterocycles. The van der Waals surface area contributed by atoms with E-state index in [-0.39, 0.29) is 24.1 Å². The van der Waals surface area contributed by atoms with Crippen LogP contribution in [0, 0.1) is 13.8 Å². The molecule has 6 nitrogen and oxygen atoms in total. The second-order valence-corrected chi connectivity index (χ2v) is 9.22. The first kappa shape index (κ1) is 25.8. The van der Waals surface area contributed by atoms with Crippen LogP contribution in [0.1, 0.15) is 52.3 Å². The Morgan fingerprint density at radius 3 is 2.14 bits per heavy atom. The number of benzene rings is 2. The van der Waals surface area contributed by atoms with Gasteiger partial charge in [-0.2, -0.15) is 31.1 Å². The van der Waals surface area contributed by atoms with Crippen molar-refractivity contribution in [3.05, 3.63) is 63.7 Å². The van der Waals surface area contributed by atoms with Gasteiger partial charge in [-0.05, 0) is 66.8 Å². The van der Waals surface area contributed by atoms with Gasteiger partial charge in [-0.1, -0.05) is 22.8 Å². The van der Waals surface area contributed by atoms with Gasteiger partial charge in [0.05, 0.1) is 24.2 Å². The Bertz CT molecular complexity index is 1220. The molecule has 12 heteroatoms. The van der Waals surface area contributed by atoms with Gasteiger partial charge in [0.15, 0.2) is 0 Å². The van der Waals surface area contributed by atoms with Crippen molar-refractivity contribution >= 4 is 11.6 Å². The second-order valence-electron chi connectivity index (χ2n) is 9.22. The van der Waals surface area contributed by atoms with Gasteiger partial charge in [-0.3, -0.25) is 0 Å². The first-order valence-corrected chi connectivity index (χ1v) is 11.4. The number of aromatic nitrogens is 4. The Kier molecular flexibility index (Phi) is 6.65. The molecule has 2 aromatic carbocycles. The lowest BCUT2D eigenvalue weighted by Crippen LogP contribution is -2.30. The van der Waals surface area contributed by atoms with Crippen molar-refractivity contribution in [3.63, 3.8) is 0 Å². The molecule has 0 aliphatic carbocycles. The monoisotopic (exact) mass is 512 g/mol. The van der Waals surface area contributed by atoms with Crippen molar-refractivity contribution in [3.8, 4) is 0 Å². The lowest BCUT2D eigenvalue weighted by molar-refractivity contribution is -0.143. The number of fused-ring (bicyclic) bond motifs is 1. The van der Waals surface area contributed by atoms with Crippen LogP contribution in [0.4, 0.5) is 38.0 Å². The average molecular weight is 513 g/mol. The maximum atomic E-state index is 13.5. The molecule has 3 aromatic rings. The lowest BCUT2D eigenvalue weighted by Gasteiger charge is -2.33. The Morgan fingerprint density at radius 2 is 1.58 bits per heavy atom. The molecule has 36 heavy (non-hydrogen) atoms. The molecule has 0 saturated heterocycles. The number of tetrazole rings is 1. The minimum Gasteiger partial charge on any atom is -0.374 e. The van der Waals surface area contributed by atoms with E-state index in [4.69, 9.17) is 0 Å². The molecule has 0 N–H and O–H groups in total. The summed E-state index contributed by atoms with van der Waals surface area (Å²) in [7, 11) is 3.51. The lowest BCUT2D eigenvalue weighted by atomic mass is 9.94. The summed E-state index contributed by atoms with van der Waals surface area (Å²) in [6.07, 6.45) is -8.51. The van der Waals surface area contributed by atoms with Gasteiger partial charge in [0.1, 0.15) is 0 Å². The van der Waals surface area contributed by atoms with E-state index >= 15 is 0 Å². The van der Waals surface area contributed by atoms with Crippen LogP contribution in [0.25, 0.3) is 0 Å². The van der Waals surface area contributed by atoms with Crippen LogP contribution in [0.15, 0.2) is 30.3 Å². The Hall–Kier alpha value is -3.31. The molecule has 1 aliphatic rings. The molecular weight excluding hydrogens is 486 g/mol. The summed E-state index contributed by atoms with van der Waals surface area (Å²) in [5, 5.41) is 12.2. The standard InChI is InChI=1S/C24H26F6N6/c1-14-8-15(2)21-19(9-14)20(6-5-7-34(21)3)36(22-31-33-35(4)32-22)13-16-10-17(23(25,26)27)12-18(11-16)24(28,29)30/h8-12,20H,5-7,13H2,1-4H3/t20-/m0/s1. The number of nitrogens with zero attached hydrogens (tertiary/aromatic N) is 6. The van der Waals surface area contributed by atoms with E-state index in [1.165, 1.54) is 4.80 Å². The van der Waals surface area contributed by atoms with E-state index in [1.54, 1.807) is 11.9 Å². The van der Waals surface area contributed by atoms with E-state index in [9.17, 15) is 26.3 Å². The van der Waals surface area contributed by atoms with Crippen LogP contribution in [0.2, 0.25) is 0 Å². The highest BCUT2D eigenvalue weighted by atomic mass is 19.4. The van der Waals surface area contributed by atoms with Gasteiger partial charge < -0.3 is 9.80 Å². The van der Waals surface area contributed by atoms with E-state index in [1.807, 2.05) is 33.0 Å². The molecule has 0 saturated carbocycles. The molecule has 194 valence electrons. The molecule has 0 spiro atoms. The van der Waals surface area contributed by atoms with Gasteiger partial charge in [0.25, 0.3) is 5.95 Å². The summed E-state index contributed by atoms with van der Waals surface area (Å²) in [5.41, 5.74) is 1.08. The fraction of sp³-hybridized carbons (Fsp3) is 0.458. The number of rotatable bonds is 4. The first-order valence-electron chi connectivity index (χ1n) is 11.4. The average Bonchev–Trinajstić information content (AvgIpc) is 3.12. The topological polar surface area (TPSA) is 50.1 Å². The zero-order chi connectivity index (χ0) is 26.4. The summed E-state index contributed by atoms with van der Waals surface area (Å²) in [6.45, 7) is 4.41. The first-order chi connectivity index (χ1) is 16.7. The van der Waals surface area contributed by atoms with Crippen molar-refractivity contribution < 1.29 is 26.3 Å². The molecule has 1 aromatic heterocycles. The minimum atomic E-state index is -4.93. The van der Waals surface area contributed by atoms with Gasteiger partial charge in [0.2, 0.25) is 0 Å². The quantitative estimate of drug-likeness (QED) is 0.411. The summed E-state index contributed by atoms with van der Waals surface area (Å²) in [6, 6.07) is 5.30. The van der Waals surface area contributed by atoms with Crippen molar-refractivity contribution in [2.24, 2.45) is 7.05 Å². The van der Waals surface area contributed by atoms with Gasteiger partial charge in [-0.25, -0.2) is 0 Å². The number of hydrogen-bond acceptors (Lipinski definition) is 5. The molecule has 0 fully saturated rings. The van der Waals surface area contributed by atoms with Gasteiger partial charge >= 0.3 is 12.4 Å². The Balaban J connectivity index is 1.87. The van der Waals surface area contributed by atoms with Crippen molar-refractivity contribution in [1.29, 1.82) is 0 Å². The fourth-order valence-electron chi connectivity index (χ4n) is 4.90. The molecule has 0 amide bonds. The van der Waals surface area contributed by atoms with E-state index < -0.39 is 29.5 Å². The van der Waals surface area contributed by atoms with E-state index in [2.05, 4.69) is 20.3 Å². The number of anilines is 2. The number of aryl methyl sites for hydroxylation is 3. The number of alkyl halides is 6. The predicted octanol–water partition coefficient (Wildman–Crippen LogP) is 5.84. The van der Waals surface area contributed by atoms with Gasteiger partial charge in [-0.15, -0.1) is 5.10 Å². The van der Waals surface area contributed by atoms with Crippen molar-refractivity contribution in [1.82, 2.24) is 20.2 Å². The predicted molar refractivity (Wildman–Crippen MR) is 123 cm³/mol. The zero-order valence-corrected chi connectivity index (χ0v) is 20.2. The Morgan fingerprint density at radius 1 is 0.944 bits per heavy atom. The maximum Gasteiger partial charge on any atom is 0.416 e. The van der Waals surface area contributed by atoms with Crippen LogP contribution in [0.5, 0.6) is 0 Å². The van der Waals surface area contributed by atoms with Crippen molar-refractivity contribution in [2.45, 2.75) is 51.6 Å². The molecule has 0 bridgehead atoms.